The Hall–Kier alpha value is -2.76. The summed E-state index contributed by atoms with van der Waals surface area (Å²) in [6.07, 6.45) is 6.34. The van der Waals surface area contributed by atoms with E-state index in [2.05, 4.69) is 27.4 Å². The Morgan fingerprint density at radius 3 is 3.05 bits per heavy atom. The largest absolute Gasteiger partial charge is 0.494 e. The second-order valence-electron chi connectivity index (χ2n) is 5.08. The topological polar surface area (TPSA) is 82.8 Å². The summed E-state index contributed by atoms with van der Waals surface area (Å²) < 4.78 is 5.65. The van der Waals surface area contributed by atoms with Gasteiger partial charge in [-0.1, -0.05) is 6.92 Å². The number of nitrogens with one attached hydrogen (secondary N) is 3. The highest BCUT2D eigenvalue weighted by Crippen LogP contribution is 2.24. The van der Waals surface area contributed by atoms with Gasteiger partial charge in [-0.3, -0.25) is 9.89 Å². The summed E-state index contributed by atoms with van der Waals surface area (Å²) in [5, 5.41) is 10.3. The Morgan fingerprint density at radius 2 is 2.27 bits per heavy atom. The molecule has 0 saturated heterocycles. The first kappa shape index (κ1) is 14.2. The van der Waals surface area contributed by atoms with Crippen LogP contribution in [0, 0.1) is 0 Å². The number of H-pyrrole nitrogens is 2. The zero-order valence-electron chi connectivity index (χ0n) is 12.3. The van der Waals surface area contributed by atoms with Gasteiger partial charge in [0.25, 0.3) is 0 Å². The van der Waals surface area contributed by atoms with Crippen LogP contribution in [-0.4, -0.2) is 27.7 Å². The predicted octanol–water partition coefficient (Wildman–Crippen LogP) is 2.86. The van der Waals surface area contributed by atoms with E-state index in [9.17, 15) is 4.79 Å². The molecular formula is C16H18N4O2. The van der Waals surface area contributed by atoms with E-state index in [0.717, 1.165) is 28.6 Å². The first-order valence-corrected chi connectivity index (χ1v) is 7.27. The molecule has 6 heteroatoms. The lowest BCUT2D eigenvalue weighted by Gasteiger charge is -2.05. The number of aromatic nitrogens is 3. The fourth-order valence-electron chi connectivity index (χ4n) is 2.31. The normalized spacial score (nSPS) is 10.8. The molecule has 0 spiro atoms. The SMILES string of the molecule is CCCOc1ccc2[nH]cc(CC(=O)Nc3cn[nH]c3)c2c1. The Bertz CT molecular complexity index is 762. The zero-order chi connectivity index (χ0) is 15.4. The van der Waals surface area contributed by atoms with Crippen molar-refractivity contribution in [1.82, 2.24) is 15.2 Å². The van der Waals surface area contributed by atoms with Crippen LogP contribution in [0.4, 0.5) is 5.69 Å². The monoisotopic (exact) mass is 298 g/mol. The van der Waals surface area contributed by atoms with Crippen molar-refractivity contribution in [1.29, 1.82) is 0 Å². The van der Waals surface area contributed by atoms with Crippen LogP contribution in [-0.2, 0) is 11.2 Å². The lowest BCUT2D eigenvalue weighted by molar-refractivity contribution is -0.115. The molecule has 0 radical (unpaired) electrons. The smallest absolute Gasteiger partial charge is 0.228 e. The van der Waals surface area contributed by atoms with E-state index in [1.807, 2.05) is 24.4 Å². The first-order valence-electron chi connectivity index (χ1n) is 7.27. The van der Waals surface area contributed by atoms with Crippen molar-refractivity contribution < 1.29 is 9.53 Å². The molecule has 3 aromatic rings. The second-order valence-corrected chi connectivity index (χ2v) is 5.08. The average Bonchev–Trinajstić information content (AvgIpc) is 3.15. The summed E-state index contributed by atoms with van der Waals surface area (Å²) in [5.74, 6) is 0.743. The minimum Gasteiger partial charge on any atom is -0.494 e. The van der Waals surface area contributed by atoms with E-state index in [0.29, 0.717) is 18.7 Å². The van der Waals surface area contributed by atoms with Gasteiger partial charge >= 0.3 is 0 Å². The van der Waals surface area contributed by atoms with Gasteiger partial charge < -0.3 is 15.0 Å². The summed E-state index contributed by atoms with van der Waals surface area (Å²) in [7, 11) is 0. The van der Waals surface area contributed by atoms with Crippen LogP contribution in [0.1, 0.15) is 18.9 Å². The summed E-state index contributed by atoms with van der Waals surface area (Å²) in [6, 6.07) is 5.88. The molecule has 3 rings (SSSR count). The molecule has 6 nitrogen and oxygen atoms in total. The van der Waals surface area contributed by atoms with Gasteiger partial charge in [0.2, 0.25) is 5.91 Å². The van der Waals surface area contributed by atoms with Gasteiger partial charge in [-0.15, -0.1) is 0 Å². The van der Waals surface area contributed by atoms with Gasteiger partial charge in [-0.25, -0.2) is 0 Å². The van der Waals surface area contributed by atoms with Crippen molar-refractivity contribution in [3.05, 3.63) is 42.4 Å². The van der Waals surface area contributed by atoms with Crippen LogP contribution in [0.5, 0.6) is 5.75 Å². The summed E-state index contributed by atoms with van der Waals surface area (Å²) in [4.78, 5) is 15.3. The lowest BCUT2D eigenvalue weighted by Crippen LogP contribution is -2.13. The maximum Gasteiger partial charge on any atom is 0.228 e. The van der Waals surface area contributed by atoms with Gasteiger partial charge in [0, 0.05) is 23.3 Å². The minimum atomic E-state index is -0.0813. The number of carbonyl (C=O) groups excluding carboxylic acids is 1. The Kier molecular flexibility index (Phi) is 4.09. The molecule has 22 heavy (non-hydrogen) atoms. The van der Waals surface area contributed by atoms with Gasteiger partial charge in [-0.05, 0) is 30.2 Å². The summed E-state index contributed by atoms with van der Waals surface area (Å²) >= 11 is 0. The highest BCUT2D eigenvalue weighted by atomic mass is 16.5. The van der Waals surface area contributed by atoms with E-state index in [-0.39, 0.29) is 5.91 Å². The Balaban J connectivity index is 1.76. The fourth-order valence-corrected chi connectivity index (χ4v) is 2.31. The molecule has 0 atom stereocenters. The number of fused-ring (bicyclic) bond motifs is 1. The van der Waals surface area contributed by atoms with Crippen LogP contribution in [0.15, 0.2) is 36.8 Å². The fraction of sp³-hybridized carbons (Fsp3) is 0.250. The highest BCUT2D eigenvalue weighted by Gasteiger charge is 2.10. The lowest BCUT2D eigenvalue weighted by atomic mass is 10.1. The molecule has 3 N–H and O–H groups in total. The Morgan fingerprint density at radius 1 is 1.36 bits per heavy atom. The molecule has 2 aromatic heterocycles. The van der Waals surface area contributed by atoms with Crippen LogP contribution in [0.25, 0.3) is 10.9 Å². The van der Waals surface area contributed by atoms with Crippen molar-refractivity contribution in [2.75, 3.05) is 11.9 Å². The molecule has 0 aliphatic carbocycles. The number of ether oxygens (including phenoxy) is 1. The summed E-state index contributed by atoms with van der Waals surface area (Å²) in [6.45, 7) is 2.76. The van der Waals surface area contributed by atoms with Gasteiger partial charge in [0.1, 0.15) is 5.75 Å². The molecule has 0 fully saturated rings. The van der Waals surface area contributed by atoms with E-state index < -0.39 is 0 Å². The van der Waals surface area contributed by atoms with Crippen molar-refractivity contribution >= 4 is 22.5 Å². The third-order valence-electron chi connectivity index (χ3n) is 3.34. The van der Waals surface area contributed by atoms with Crippen molar-refractivity contribution in [3.8, 4) is 5.75 Å². The number of hydrogen-bond acceptors (Lipinski definition) is 3. The van der Waals surface area contributed by atoms with Crippen LogP contribution in [0.2, 0.25) is 0 Å². The van der Waals surface area contributed by atoms with Gasteiger partial charge in [-0.2, -0.15) is 5.10 Å². The molecular weight excluding hydrogens is 280 g/mol. The van der Waals surface area contributed by atoms with Crippen LogP contribution in [0.3, 0.4) is 0 Å². The molecule has 0 aliphatic rings. The number of rotatable bonds is 6. The number of amides is 1. The molecule has 0 aliphatic heterocycles. The maximum absolute atomic E-state index is 12.1. The quantitative estimate of drug-likeness (QED) is 0.654. The summed E-state index contributed by atoms with van der Waals surface area (Å²) in [5.41, 5.74) is 2.60. The molecule has 1 aromatic carbocycles. The standard InChI is InChI=1S/C16H18N4O2/c1-2-5-22-13-3-4-15-14(7-13)11(8-17-15)6-16(21)20-12-9-18-19-10-12/h3-4,7-10,17H,2,5-6H2,1H3,(H,18,19)(H,20,21). The predicted molar refractivity (Wildman–Crippen MR) is 85.0 cm³/mol. The number of aromatic amines is 2. The van der Waals surface area contributed by atoms with E-state index in [1.165, 1.54) is 0 Å². The zero-order valence-corrected chi connectivity index (χ0v) is 12.3. The average molecular weight is 298 g/mol. The third kappa shape index (κ3) is 3.11. The number of benzene rings is 1. The number of hydrogen-bond donors (Lipinski definition) is 3. The Labute approximate surface area is 127 Å². The molecule has 0 bridgehead atoms. The van der Waals surface area contributed by atoms with Crippen LogP contribution < -0.4 is 10.1 Å². The molecule has 2 heterocycles. The van der Waals surface area contributed by atoms with Crippen molar-refractivity contribution in [3.63, 3.8) is 0 Å². The van der Waals surface area contributed by atoms with E-state index >= 15 is 0 Å². The molecule has 1 amide bonds. The minimum absolute atomic E-state index is 0.0813. The second kappa shape index (κ2) is 6.34. The molecule has 0 unspecified atom stereocenters. The van der Waals surface area contributed by atoms with Crippen molar-refractivity contribution in [2.45, 2.75) is 19.8 Å². The van der Waals surface area contributed by atoms with Crippen molar-refractivity contribution in [2.24, 2.45) is 0 Å². The van der Waals surface area contributed by atoms with E-state index in [1.54, 1.807) is 12.4 Å². The third-order valence-corrected chi connectivity index (χ3v) is 3.34. The van der Waals surface area contributed by atoms with Gasteiger partial charge in [0.05, 0.1) is 24.9 Å². The van der Waals surface area contributed by atoms with E-state index in [4.69, 9.17) is 4.74 Å². The molecule has 0 saturated carbocycles. The van der Waals surface area contributed by atoms with Crippen LogP contribution >= 0.6 is 0 Å². The van der Waals surface area contributed by atoms with Gasteiger partial charge in [0.15, 0.2) is 0 Å². The maximum atomic E-state index is 12.1. The highest BCUT2D eigenvalue weighted by molar-refractivity contribution is 5.95. The number of carbonyl (C=O) groups is 1. The first-order chi connectivity index (χ1) is 10.8. The number of nitrogens with zero attached hydrogens (tertiary/aromatic N) is 1. The molecule has 114 valence electrons. The number of anilines is 1.